The van der Waals surface area contributed by atoms with Gasteiger partial charge in [0.1, 0.15) is 17.9 Å². The number of hydrogen-bond acceptors (Lipinski definition) is 6. The first kappa shape index (κ1) is 14.3. The molecule has 1 aromatic heterocycles. The lowest BCUT2D eigenvalue weighted by atomic mass is 10.3. The van der Waals surface area contributed by atoms with Crippen molar-refractivity contribution in [3.05, 3.63) is 36.2 Å². The van der Waals surface area contributed by atoms with E-state index in [1.165, 1.54) is 18.5 Å². The second-order valence-corrected chi connectivity index (χ2v) is 6.26. The van der Waals surface area contributed by atoms with E-state index in [0.29, 0.717) is 17.4 Å². The zero-order chi connectivity index (χ0) is 14.8. The van der Waals surface area contributed by atoms with Gasteiger partial charge in [0.15, 0.2) is 9.84 Å². The zero-order valence-corrected chi connectivity index (χ0v) is 12.2. The fourth-order valence-electron chi connectivity index (χ4n) is 1.66. The number of sulfone groups is 1. The van der Waals surface area contributed by atoms with E-state index in [4.69, 9.17) is 4.74 Å². The van der Waals surface area contributed by atoms with Gasteiger partial charge in [-0.15, -0.1) is 0 Å². The normalized spacial score (nSPS) is 11.2. The fourth-order valence-corrected chi connectivity index (χ4v) is 2.29. The van der Waals surface area contributed by atoms with Crippen molar-refractivity contribution >= 4 is 15.7 Å². The first-order valence-corrected chi connectivity index (χ1v) is 7.78. The van der Waals surface area contributed by atoms with Gasteiger partial charge in [0, 0.05) is 13.3 Å². The highest BCUT2D eigenvalue weighted by Crippen LogP contribution is 2.26. The molecule has 0 saturated heterocycles. The Morgan fingerprint density at radius 3 is 2.35 bits per heavy atom. The van der Waals surface area contributed by atoms with Crippen LogP contribution < -0.4 is 10.1 Å². The maximum absolute atomic E-state index is 11.4. The van der Waals surface area contributed by atoms with Crippen molar-refractivity contribution in [1.29, 1.82) is 0 Å². The molecule has 2 rings (SSSR count). The van der Waals surface area contributed by atoms with Gasteiger partial charge in [-0.25, -0.2) is 18.4 Å². The third kappa shape index (κ3) is 3.05. The fraction of sp³-hybridized carbons (Fsp3) is 0.231. The van der Waals surface area contributed by atoms with Crippen LogP contribution >= 0.6 is 0 Å². The lowest BCUT2D eigenvalue weighted by molar-refractivity contribution is 0.457. The highest BCUT2D eigenvalue weighted by atomic mass is 32.2. The topological polar surface area (TPSA) is 81.2 Å². The van der Waals surface area contributed by atoms with Gasteiger partial charge < -0.3 is 10.1 Å². The van der Waals surface area contributed by atoms with Crippen LogP contribution in [0.2, 0.25) is 0 Å². The average molecular weight is 293 g/mol. The molecule has 0 aliphatic carbocycles. The summed E-state index contributed by atoms with van der Waals surface area (Å²) in [6.07, 6.45) is 2.57. The van der Waals surface area contributed by atoms with E-state index in [9.17, 15) is 8.42 Å². The molecule has 20 heavy (non-hydrogen) atoms. The smallest absolute Gasteiger partial charge is 0.227 e. The Bertz CT molecular complexity index is 712. The SMILES string of the molecule is CNc1ncnc(Oc2ccc(S(C)(=O)=O)cc2)c1C. The summed E-state index contributed by atoms with van der Waals surface area (Å²) in [6, 6.07) is 6.19. The van der Waals surface area contributed by atoms with Gasteiger partial charge in [-0.2, -0.15) is 0 Å². The highest BCUT2D eigenvalue weighted by molar-refractivity contribution is 7.90. The Kier molecular flexibility index (Phi) is 3.89. The Morgan fingerprint density at radius 1 is 1.15 bits per heavy atom. The predicted molar refractivity (Wildman–Crippen MR) is 75.9 cm³/mol. The Labute approximate surface area is 117 Å². The van der Waals surface area contributed by atoms with Gasteiger partial charge in [0.05, 0.1) is 10.5 Å². The molecule has 0 amide bonds. The van der Waals surface area contributed by atoms with Crippen LogP contribution in [-0.2, 0) is 9.84 Å². The Morgan fingerprint density at radius 2 is 1.80 bits per heavy atom. The Hall–Kier alpha value is -2.15. The van der Waals surface area contributed by atoms with E-state index in [1.807, 2.05) is 6.92 Å². The van der Waals surface area contributed by atoms with Gasteiger partial charge in [0.25, 0.3) is 0 Å². The molecule has 0 unspecified atom stereocenters. The van der Waals surface area contributed by atoms with E-state index in [1.54, 1.807) is 19.2 Å². The summed E-state index contributed by atoms with van der Waals surface area (Å²) in [5, 5.41) is 2.94. The summed E-state index contributed by atoms with van der Waals surface area (Å²) >= 11 is 0. The largest absolute Gasteiger partial charge is 0.439 e. The van der Waals surface area contributed by atoms with Crippen LogP contribution in [0.3, 0.4) is 0 Å². The molecule has 1 N–H and O–H groups in total. The van der Waals surface area contributed by atoms with Gasteiger partial charge >= 0.3 is 0 Å². The molecule has 0 aliphatic rings. The van der Waals surface area contributed by atoms with E-state index in [2.05, 4.69) is 15.3 Å². The van der Waals surface area contributed by atoms with E-state index < -0.39 is 9.84 Å². The lowest BCUT2D eigenvalue weighted by Crippen LogP contribution is -2.00. The molecule has 0 spiro atoms. The van der Waals surface area contributed by atoms with Crippen LogP contribution in [0.15, 0.2) is 35.5 Å². The van der Waals surface area contributed by atoms with Gasteiger partial charge in [0.2, 0.25) is 5.88 Å². The van der Waals surface area contributed by atoms with Crippen molar-refractivity contribution in [1.82, 2.24) is 9.97 Å². The van der Waals surface area contributed by atoms with Crippen LogP contribution in [0.4, 0.5) is 5.82 Å². The highest BCUT2D eigenvalue weighted by Gasteiger charge is 2.10. The molecular weight excluding hydrogens is 278 g/mol. The molecule has 2 aromatic rings. The molecule has 0 radical (unpaired) electrons. The van der Waals surface area contributed by atoms with E-state index >= 15 is 0 Å². The van der Waals surface area contributed by atoms with Gasteiger partial charge in [-0.3, -0.25) is 0 Å². The molecule has 106 valence electrons. The van der Waals surface area contributed by atoms with Crippen LogP contribution in [0.25, 0.3) is 0 Å². The second kappa shape index (κ2) is 5.46. The maximum Gasteiger partial charge on any atom is 0.227 e. The summed E-state index contributed by atoms with van der Waals surface area (Å²) < 4.78 is 28.4. The molecule has 0 saturated carbocycles. The lowest BCUT2D eigenvalue weighted by Gasteiger charge is -2.10. The van der Waals surface area contributed by atoms with Crippen LogP contribution in [0.5, 0.6) is 11.6 Å². The summed E-state index contributed by atoms with van der Waals surface area (Å²) in [7, 11) is -1.44. The zero-order valence-electron chi connectivity index (χ0n) is 11.4. The third-order valence-electron chi connectivity index (χ3n) is 2.74. The molecule has 7 heteroatoms. The summed E-state index contributed by atoms with van der Waals surface area (Å²) in [6.45, 7) is 1.84. The number of ether oxygens (including phenoxy) is 1. The average Bonchev–Trinajstić information content (AvgIpc) is 2.41. The van der Waals surface area contributed by atoms with Crippen molar-refractivity contribution in [2.75, 3.05) is 18.6 Å². The molecular formula is C13H15N3O3S. The number of hydrogen-bond donors (Lipinski definition) is 1. The predicted octanol–water partition coefficient (Wildman–Crippen LogP) is 2.02. The van der Waals surface area contributed by atoms with Gasteiger partial charge in [-0.05, 0) is 31.2 Å². The summed E-state index contributed by atoms with van der Waals surface area (Å²) in [4.78, 5) is 8.38. The van der Waals surface area contributed by atoms with Crippen molar-refractivity contribution in [3.8, 4) is 11.6 Å². The first-order chi connectivity index (χ1) is 9.41. The van der Waals surface area contributed by atoms with Crippen molar-refractivity contribution in [3.63, 3.8) is 0 Å². The second-order valence-electron chi connectivity index (χ2n) is 4.25. The number of benzene rings is 1. The minimum Gasteiger partial charge on any atom is -0.439 e. The number of nitrogens with zero attached hydrogens (tertiary/aromatic N) is 2. The minimum absolute atomic E-state index is 0.250. The molecule has 0 fully saturated rings. The molecule has 0 aliphatic heterocycles. The third-order valence-corrected chi connectivity index (χ3v) is 3.87. The van der Waals surface area contributed by atoms with Crippen LogP contribution in [-0.4, -0.2) is 31.7 Å². The molecule has 0 bridgehead atoms. The number of nitrogens with one attached hydrogen (secondary N) is 1. The van der Waals surface area contributed by atoms with Crippen molar-refractivity contribution in [2.24, 2.45) is 0 Å². The number of anilines is 1. The van der Waals surface area contributed by atoms with Crippen LogP contribution in [0, 0.1) is 6.92 Å². The minimum atomic E-state index is -3.20. The molecule has 1 heterocycles. The monoisotopic (exact) mass is 293 g/mol. The van der Waals surface area contributed by atoms with Crippen molar-refractivity contribution < 1.29 is 13.2 Å². The summed E-state index contributed by atoms with van der Waals surface area (Å²) in [5.74, 6) is 1.63. The number of aromatic nitrogens is 2. The Balaban J connectivity index is 2.27. The van der Waals surface area contributed by atoms with E-state index in [0.717, 1.165) is 11.8 Å². The van der Waals surface area contributed by atoms with E-state index in [-0.39, 0.29) is 4.90 Å². The molecule has 1 aromatic carbocycles. The molecule has 0 atom stereocenters. The van der Waals surface area contributed by atoms with Crippen LogP contribution in [0.1, 0.15) is 5.56 Å². The number of rotatable bonds is 4. The van der Waals surface area contributed by atoms with Crippen molar-refractivity contribution in [2.45, 2.75) is 11.8 Å². The quantitative estimate of drug-likeness (QED) is 0.929. The summed E-state index contributed by atoms with van der Waals surface area (Å²) in [5.41, 5.74) is 0.780. The molecule has 6 nitrogen and oxygen atoms in total. The maximum atomic E-state index is 11.4. The van der Waals surface area contributed by atoms with Gasteiger partial charge in [-0.1, -0.05) is 0 Å². The standard InChI is InChI=1S/C13H15N3O3S/c1-9-12(14-2)15-8-16-13(9)19-10-4-6-11(7-5-10)20(3,17)18/h4-8H,1-3H3,(H,14,15,16). The first-order valence-electron chi connectivity index (χ1n) is 5.89.